The highest BCUT2D eigenvalue weighted by molar-refractivity contribution is 5.80. The van der Waals surface area contributed by atoms with E-state index in [4.69, 9.17) is 9.47 Å². The zero-order valence-electron chi connectivity index (χ0n) is 17.1. The van der Waals surface area contributed by atoms with E-state index in [2.05, 4.69) is 32.2 Å². The number of para-hydroxylation sites is 1. The summed E-state index contributed by atoms with van der Waals surface area (Å²) >= 11 is 0. The molecular formula is C23H30N4O2. The highest BCUT2D eigenvalue weighted by Gasteiger charge is 2.30. The summed E-state index contributed by atoms with van der Waals surface area (Å²) in [5, 5.41) is 3.51. The Morgan fingerprint density at radius 1 is 1.03 bits per heavy atom. The summed E-state index contributed by atoms with van der Waals surface area (Å²) in [7, 11) is 1.86. The largest absolute Gasteiger partial charge is 0.457 e. The minimum absolute atomic E-state index is 0.604. The number of hydrogen-bond donors (Lipinski definition) is 1. The number of aliphatic imine (C=N–C) groups is 1. The van der Waals surface area contributed by atoms with Crippen LogP contribution in [-0.2, 0) is 11.3 Å². The van der Waals surface area contributed by atoms with Gasteiger partial charge in [0.2, 0.25) is 0 Å². The fourth-order valence-corrected chi connectivity index (χ4v) is 3.99. The monoisotopic (exact) mass is 394 g/mol. The fourth-order valence-electron chi connectivity index (χ4n) is 3.99. The molecule has 154 valence electrons. The van der Waals surface area contributed by atoms with Crippen molar-refractivity contribution in [3.05, 3.63) is 60.2 Å². The average Bonchev–Trinajstić information content (AvgIpc) is 3.27. The van der Waals surface area contributed by atoms with Crippen LogP contribution in [0.3, 0.4) is 0 Å². The molecule has 6 heteroatoms. The van der Waals surface area contributed by atoms with Gasteiger partial charge in [0.05, 0.1) is 13.2 Å². The lowest BCUT2D eigenvalue weighted by atomic mass is 10.2. The highest BCUT2D eigenvalue weighted by Crippen LogP contribution is 2.21. The van der Waals surface area contributed by atoms with Crippen molar-refractivity contribution in [2.24, 2.45) is 4.99 Å². The maximum atomic E-state index is 5.86. The summed E-state index contributed by atoms with van der Waals surface area (Å²) < 4.78 is 11.3. The summed E-state index contributed by atoms with van der Waals surface area (Å²) in [5.74, 6) is 2.67. The summed E-state index contributed by atoms with van der Waals surface area (Å²) in [6, 6.07) is 18.7. The van der Waals surface area contributed by atoms with E-state index in [0.717, 1.165) is 63.4 Å². The van der Waals surface area contributed by atoms with Crippen molar-refractivity contribution in [2.45, 2.75) is 19.0 Å². The third-order valence-electron chi connectivity index (χ3n) is 5.59. The Kier molecular flexibility index (Phi) is 6.64. The molecule has 2 saturated heterocycles. The Morgan fingerprint density at radius 3 is 2.48 bits per heavy atom. The number of ether oxygens (including phenoxy) is 2. The molecule has 2 aromatic rings. The van der Waals surface area contributed by atoms with E-state index in [9.17, 15) is 0 Å². The van der Waals surface area contributed by atoms with Crippen molar-refractivity contribution in [2.75, 3.05) is 46.4 Å². The molecular weight excluding hydrogens is 364 g/mol. The number of rotatable bonds is 5. The summed E-state index contributed by atoms with van der Waals surface area (Å²) in [6.45, 7) is 6.62. The molecule has 29 heavy (non-hydrogen) atoms. The van der Waals surface area contributed by atoms with Gasteiger partial charge >= 0.3 is 0 Å². The molecule has 1 unspecified atom stereocenters. The molecule has 2 heterocycles. The highest BCUT2D eigenvalue weighted by atomic mass is 16.5. The molecule has 2 aliphatic rings. The van der Waals surface area contributed by atoms with Crippen molar-refractivity contribution in [1.29, 1.82) is 0 Å². The Bertz CT molecular complexity index is 788. The molecule has 0 radical (unpaired) electrons. The fraction of sp³-hybridized carbons (Fsp3) is 0.435. The van der Waals surface area contributed by atoms with E-state index in [1.165, 1.54) is 12.0 Å². The lowest BCUT2D eigenvalue weighted by molar-refractivity contribution is 0.0195. The second-order valence-corrected chi connectivity index (χ2v) is 7.50. The van der Waals surface area contributed by atoms with Crippen LogP contribution < -0.4 is 10.1 Å². The molecule has 0 bridgehead atoms. The average molecular weight is 395 g/mol. The van der Waals surface area contributed by atoms with E-state index in [1.807, 2.05) is 49.5 Å². The van der Waals surface area contributed by atoms with E-state index >= 15 is 0 Å². The first-order valence-electron chi connectivity index (χ1n) is 10.4. The van der Waals surface area contributed by atoms with Gasteiger partial charge in [-0.25, -0.2) is 0 Å². The Morgan fingerprint density at radius 2 is 1.76 bits per heavy atom. The molecule has 1 N–H and O–H groups in total. The van der Waals surface area contributed by atoms with Crippen molar-refractivity contribution in [3.63, 3.8) is 0 Å². The molecule has 6 nitrogen and oxygen atoms in total. The van der Waals surface area contributed by atoms with Crippen LogP contribution in [0.5, 0.6) is 11.5 Å². The molecule has 0 saturated carbocycles. The number of nitrogens with one attached hydrogen (secondary N) is 1. The minimum Gasteiger partial charge on any atom is -0.457 e. The second-order valence-electron chi connectivity index (χ2n) is 7.50. The summed E-state index contributed by atoms with van der Waals surface area (Å²) in [5.41, 5.74) is 1.20. The van der Waals surface area contributed by atoms with E-state index in [1.54, 1.807) is 0 Å². The van der Waals surface area contributed by atoms with Crippen molar-refractivity contribution < 1.29 is 9.47 Å². The Hall–Kier alpha value is -2.57. The van der Waals surface area contributed by atoms with Gasteiger partial charge in [0.15, 0.2) is 5.96 Å². The molecule has 0 spiro atoms. The van der Waals surface area contributed by atoms with Crippen LogP contribution in [0.15, 0.2) is 59.6 Å². The van der Waals surface area contributed by atoms with Crippen LogP contribution in [0, 0.1) is 0 Å². The van der Waals surface area contributed by atoms with Crippen LogP contribution >= 0.6 is 0 Å². The Balaban J connectivity index is 1.27. The predicted molar refractivity (Wildman–Crippen MR) is 116 cm³/mol. The molecule has 0 aromatic heterocycles. The van der Waals surface area contributed by atoms with Gasteiger partial charge in [0.1, 0.15) is 11.5 Å². The lowest BCUT2D eigenvalue weighted by Crippen LogP contribution is -2.46. The van der Waals surface area contributed by atoms with Gasteiger partial charge < -0.3 is 19.7 Å². The normalized spacial score (nSPS) is 20.7. The number of hydrogen-bond acceptors (Lipinski definition) is 4. The molecule has 1 atom stereocenters. The molecule has 0 aliphatic carbocycles. The zero-order valence-corrected chi connectivity index (χ0v) is 17.1. The van der Waals surface area contributed by atoms with Crippen LogP contribution in [-0.4, -0.2) is 68.2 Å². The standard InChI is InChI=1S/C23H30N4O2/c1-24-23(27-12-11-20(18-27)26-13-15-28-16-14-26)25-17-19-7-9-22(10-8-19)29-21-5-3-2-4-6-21/h2-10,20H,11-18H2,1H3,(H,24,25). The number of guanidine groups is 1. The van der Waals surface area contributed by atoms with Gasteiger partial charge in [-0.15, -0.1) is 0 Å². The first-order valence-corrected chi connectivity index (χ1v) is 10.4. The summed E-state index contributed by atoms with van der Waals surface area (Å²) in [6.07, 6.45) is 1.19. The van der Waals surface area contributed by atoms with Crippen LogP contribution in [0.25, 0.3) is 0 Å². The zero-order chi connectivity index (χ0) is 19.9. The first-order chi connectivity index (χ1) is 14.3. The maximum Gasteiger partial charge on any atom is 0.193 e. The number of likely N-dealkylation sites (tertiary alicyclic amines) is 1. The van der Waals surface area contributed by atoms with E-state index in [-0.39, 0.29) is 0 Å². The first kappa shape index (κ1) is 19.7. The van der Waals surface area contributed by atoms with Gasteiger partial charge in [0.25, 0.3) is 0 Å². The molecule has 2 aromatic carbocycles. The molecule has 4 rings (SSSR count). The topological polar surface area (TPSA) is 49.3 Å². The third kappa shape index (κ3) is 5.28. The predicted octanol–water partition coefficient (Wildman–Crippen LogP) is 2.96. The molecule has 0 amide bonds. The number of nitrogens with zero attached hydrogens (tertiary/aromatic N) is 3. The quantitative estimate of drug-likeness (QED) is 0.624. The molecule has 2 fully saturated rings. The summed E-state index contributed by atoms with van der Waals surface area (Å²) in [4.78, 5) is 9.43. The van der Waals surface area contributed by atoms with Gasteiger partial charge in [0, 0.05) is 45.8 Å². The van der Waals surface area contributed by atoms with E-state index < -0.39 is 0 Å². The van der Waals surface area contributed by atoms with Crippen LogP contribution in [0.1, 0.15) is 12.0 Å². The lowest BCUT2D eigenvalue weighted by Gasteiger charge is -2.32. The van der Waals surface area contributed by atoms with Crippen molar-refractivity contribution in [1.82, 2.24) is 15.1 Å². The SMILES string of the molecule is CN=C(NCc1ccc(Oc2ccccc2)cc1)N1CCC(N2CCOCC2)C1. The van der Waals surface area contributed by atoms with E-state index in [0.29, 0.717) is 6.04 Å². The van der Waals surface area contributed by atoms with Crippen LogP contribution in [0.2, 0.25) is 0 Å². The van der Waals surface area contributed by atoms with Gasteiger partial charge in [-0.2, -0.15) is 0 Å². The van der Waals surface area contributed by atoms with Crippen LogP contribution in [0.4, 0.5) is 0 Å². The second kappa shape index (κ2) is 9.76. The maximum absolute atomic E-state index is 5.86. The molecule has 2 aliphatic heterocycles. The third-order valence-corrected chi connectivity index (χ3v) is 5.59. The van der Waals surface area contributed by atoms with Crippen molar-refractivity contribution in [3.8, 4) is 11.5 Å². The van der Waals surface area contributed by atoms with Gasteiger partial charge in [-0.1, -0.05) is 30.3 Å². The smallest absolute Gasteiger partial charge is 0.193 e. The number of morpholine rings is 1. The Labute approximate surface area is 173 Å². The minimum atomic E-state index is 0.604. The van der Waals surface area contributed by atoms with Gasteiger partial charge in [-0.05, 0) is 36.2 Å². The van der Waals surface area contributed by atoms with Gasteiger partial charge in [-0.3, -0.25) is 9.89 Å². The van der Waals surface area contributed by atoms with Crippen molar-refractivity contribution >= 4 is 5.96 Å². The number of benzene rings is 2.